The van der Waals surface area contributed by atoms with Gasteiger partial charge in [0.1, 0.15) is 0 Å². The summed E-state index contributed by atoms with van der Waals surface area (Å²) in [4.78, 5) is 26.2. The number of piperidine rings is 1. The fraction of sp³-hybridized carbons (Fsp3) is 0.500. The van der Waals surface area contributed by atoms with Crippen molar-refractivity contribution in [1.29, 1.82) is 0 Å². The molecule has 0 aliphatic carbocycles. The molecule has 0 bridgehead atoms. The quantitative estimate of drug-likeness (QED) is 0.832. The van der Waals surface area contributed by atoms with E-state index in [0.29, 0.717) is 36.7 Å². The number of amides is 1. The van der Waals surface area contributed by atoms with Gasteiger partial charge in [0.25, 0.3) is 0 Å². The van der Waals surface area contributed by atoms with E-state index in [0.717, 1.165) is 11.3 Å². The van der Waals surface area contributed by atoms with Crippen LogP contribution in [-0.2, 0) is 9.59 Å². The summed E-state index contributed by atoms with van der Waals surface area (Å²) in [5, 5.41) is 9.99. The molecule has 1 aromatic rings. The van der Waals surface area contributed by atoms with Crippen molar-refractivity contribution in [3.05, 3.63) is 29.3 Å². The van der Waals surface area contributed by atoms with E-state index in [1.54, 1.807) is 23.6 Å². The lowest BCUT2D eigenvalue weighted by atomic mass is 9.82. The third-order valence-corrected chi connectivity index (χ3v) is 5.49. The molecule has 0 radical (unpaired) electrons. The standard InChI is InChI=1S/C16H20ClNO3S/c1-16(15(20)21)8-4-9-18(11-16)14(19)7-10-22-13-6-3-2-5-12(13)17/h2-3,5-6H,4,7-11H2,1H3,(H,20,21). The average molecular weight is 342 g/mol. The first-order valence-electron chi connectivity index (χ1n) is 7.31. The largest absolute Gasteiger partial charge is 0.481 e. The van der Waals surface area contributed by atoms with Crippen molar-refractivity contribution in [3.8, 4) is 0 Å². The topological polar surface area (TPSA) is 57.6 Å². The van der Waals surface area contributed by atoms with Gasteiger partial charge in [0.15, 0.2) is 0 Å². The summed E-state index contributed by atoms with van der Waals surface area (Å²) in [7, 11) is 0. The zero-order valence-corrected chi connectivity index (χ0v) is 14.1. The molecule has 22 heavy (non-hydrogen) atoms. The summed E-state index contributed by atoms with van der Waals surface area (Å²) in [6, 6.07) is 7.55. The van der Waals surface area contributed by atoms with E-state index in [2.05, 4.69) is 0 Å². The minimum atomic E-state index is -0.824. The minimum Gasteiger partial charge on any atom is -0.481 e. The minimum absolute atomic E-state index is 0.0201. The van der Waals surface area contributed by atoms with Gasteiger partial charge in [-0.15, -0.1) is 11.8 Å². The van der Waals surface area contributed by atoms with Crippen LogP contribution in [0.3, 0.4) is 0 Å². The van der Waals surface area contributed by atoms with E-state index < -0.39 is 11.4 Å². The summed E-state index contributed by atoms with van der Waals surface area (Å²) in [6.07, 6.45) is 1.76. The van der Waals surface area contributed by atoms with Crippen LogP contribution >= 0.6 is 23.4 Å². The van der Waals surface area contributed by atoms with E-state index in [9.17, 15) is 14.7 Å². The van der Waals surface area contributed by atoms with Gasteiger partial charge in [-0.3, -0.25) is 9.59 Å². The molecule has 0 saturated carbocycles. The molecule has 1 N–H and O–H groups in total. The zero-order chi connectivity index (χ0) is 16.2. The first-order valence-corrected chi connectivity index (χ1v) is 8.67. The molecule has 1 amide bonds. The molecule has 1 aliphatic heterocycles. The van der Waals surface area contributed by atoms with Crippen molar-refractivity contribution in [2.45, 2.75) is 31.1 Å². The Morgan fingerprint density at radius 1 is 1.41 bits per heavy atom. The number of carboxylic acids is 1. The normalized spacial score (nSPS) is 21.6. The van der Waals surface area contributed by atoms with Gasteiger partial charge in [0.05, 0.1) is 10.4 Å². The first-order chi connectivity index (χ1) is 10.4. The molecule has 1 aliphatic rings. The molecular formula is C16H20ClNO3S. The molecule has 1 unspecified atom stereocenters. The zero-order valence-electron chi connectivity index (χ0n) is 12.5. The molecule has 1 saturated heterocycles. The van der Waals surface area contributed by atoms with Crippen LogP contribution < -0.4 is 0 Å². The van der Waals surface area contributed by atoms with E-state index in [1.165, 1.54) is 0 Å². The summed E-state index contributed by atoms with van der Waals surface area (Å²) in [5.41, 5.74) is -0.816. The third kappa shape index (κ3) is 4.17. The summed E-state index contributed by atoms with van der Waals surface area (Å²) in [6.45, 7) is 2.67. The van der Waals surface area contributed by atoms with Crippen molar-refractivity contribution in [2.75, 3.05) is 18.8 Å². The number of likely N-dealkylation sites (tertiary alicyclic amines) is 1. The molecular weight excluding hydrogens is 322 g/mol. The first kappa shape index (κ1) is 17.2. The maximum absolute atomic E-state index is 12.3. The van der Waals surface area contributed by atoms with Crippen molar-refractivity contribution < 1.29 is 14.7 Å². The van der Waals surface area contributed by atoms with Gasteiger partial charge in [-0.25, -0.2) is 0 Å². The van der Waals surface area contributed by atoms with E-state index in [1.807, 2.05) is 24.3 Å². The smallest absolute Gasteiger partial charge is 0.311 e. The molecule has 120 valence electrons. The SMILES string of the molecule is CC1(C(=O)O)CCCN(C(=O)CCSc2ccccc2Cl)C1. The average Bonchev–Trinajstić information content (AvgIpc) is 2.49. The highest BCUT2D eigenvalue weighted by Gasteiger charge is 2.39. The van der Waals surface area contributed by atoms with E-state index in [-0.39, 0.29) is 5.91 Å². The number of aliphatic carboxylic acids is 1. The number of hydrogen-bond donors (Lipinski definition) is 1. The van der Waals surface area contributed by atoms with Crippen molar-refractivity contribution in [1.82, 2.24) is 4.90 Å². The van der Waals surface area contributed by atoms with E-state index >= 15 is 0 Å². The van der Waals surface area contributed by atoms with Crippen LogP contribution in [0.15, 0.2) is 29.2 Å². The van der Waals surface area contributed by atoms with Gasteiger partial charge in [0, 0.05) is 30.2 Å². The van der Waals surface area contributed by atoms with Crippen molar-refractivity contribution in [3.63, 3.8) is 0 Å². The van der Waals surface area contributed by atoms with Crippen LogP contribution in [0, 0.1) is 5.41 Å². The van der Waals surface area contributed by atoms with Gasteiger partial charge in [-0.2, -0.15) is 0 Å². The van der Waals surface area contributed by atoms with Gasteiger partial charge in [0.2, 0.25) is 5.91 Å². The Labute approximate surface area is 139 Å². The molecule has 2 rings (SSSR count). The number of nitrogens with zero attached hydrogens (tertiary/aromatic N) is 1. The second-order valence-electron chi connectivity index (χ2n) is 5.81. The number of hydrogen-bond acceptors (Lipinski definition) is 3. The van der Waals surface area contributed by atoms with Crippen LogP contribution in [-0.4, -0.2) is 40.7 Å². The molecule has 1 aromatic carbocycles. The number of carbonyl (C=O) groups is 2. The Morgan fingerprint density at radius 2 is 2.14 bits per heavy atom. The Morgan fingerprint density at radius 3 is 2.82 bits per heavy atom. The molecule has 1 atom stereocenters. The lowest BCUT2D eigenvalue weighted by molar-refractivity contribution is -0.153. The van der Waals surface area contributed by atoms with Crippen LogP contribution in [0.4, 0.5) is 0 Å². The highest BCUT2D eigenvalue weighted by atomic mass is 35.5. The van der Waals surface area contributed by atoms with Crippen molar-refractivity contribution >= 4 is 35.2 Å². The molecule has 1 fully saturated rings. The molecule has 6 heteroatoms. The summed E-state index contributed by atoms with van der Waals surface area (Å²) >= 11 is 7.63. The van der Waals surface area contributed by atoms with E-state index in [4.69, 9.17) is 11.6 Å². The Balaban J connectivity index is 1.85. The van der Waals surface area contributed by atoms with Crippen molar-refractivity contribution in [2.24, 2.45) is 5.41 Å². The Bertz CT molecular complexity index is 566. The summed E-state index contributed by atoms with van der Waals surface area (Å²) in [5.74, 6) is -0.162. The number of rotatable bonds is 5. The van der Waals surface area contributed by atoms with Gasteiger partial charge in [-0.1, -0.05) is 23.7 Å². The lowest BCUT2D eigenvalue weighted by Gasteiger charge is -2.37. The highest BCUT2D eigenvalue weighted by Crippen LogP contribution is 2.31. The van der Waals surface area contributed by atoms with Crippen LogP contribution in [0.2, 0.25) is 5.02 Å². The number of carboxylic acid groups (broad SMARTS) is 1. The van der Waals surface area contributed by atoms with Crippen LogP contribution in [0.5, 0.6) is 0 Å². The molecule has 1 heterocycles. The van der Waals surface area contributed by atoms with Gasteiger partial charge < -0.3 is 10.0 Å². The van der Waals surface area contributed by atoms with Crippen LogP contribution in [0.1, 0.15) is 26.2 Å². The maximum Gasteiger partial charge on any atom is 0.311 e. The van der Waals surface area contributed by atoms with Gasteiger partial charge >= 0.3 is 5.97 Å². The Hall–Kier alpha value is -1.20. The molecule has 0 spiro atoms. The van der Waals surface area contributed by atoms with Crippen LogP contribution in [0.25, 0.3) is 0 Å². The van der Waals surface area contributed by atoms with Gasteiger partial charge in [-0.05, 0) is 31.9 Å². The second kappa shape index (κ2) is 7.38. The third-order valence-electron chi connectivity index (χ3n) is 3.98. The fourth-order valence-electron chi connectivity index (χ4n) is 2.60. The number of thioether (sulfide) groups is 1. The second-order valence-corrected chi connectivity index (χ2v) is 7.36. The summed E-state index contributed by atoms with van der Waals surface area (Å²) < 4.78 is 0. The predicted octanol–water partition coefficient (Wildman–Crippen LogP) is 3.54. The number of carbonyl (C=O) groups excluding carboxylic acids is 1. The monoisotopic (exact) mass is 341 g/mol. The lowest BCUT2D eigenvalue weighted by Crippen LogP contribution is -2.48. The predicted molar refractivity (Wildman–Crippen MR) is 88.3 cm³/mol. The number of benzene rings is 1. The highest BCUT2D eigenvalue weighted by molar-refractivity contribution is 7.99. The number of halogens is 1. The molecule has 4 nitrogen and oxygen atoms in total. The maximum atomic E-state index is 12.3. The fourth-order valence-corrected chi connectivity index (χ4v) is 3.77. The molecule has 0 aromatic heterocycles. The Kier molecular flexibility index (Phi) is 5.75.